The second kappa shape index (κ2) is 11.8. The first-order valence-electron chi connectivity index (χ1n) is 14.3. The number of aromatic nitrogens is 1. The van der Waals surface area contributed by atoms with Gasteiger partial charge < -0.3 is 20.6 Å². The van der Waals surface area contributed by atoms with E-state index in [0.29, 0.717) is 0 Å². The van der Waals surface area contributed by atoms with Crippen molar-refractivity contribution in [2.24, 2.45) is 0 Å². The van der Waals surface area contributed by atoms with E-state index in [1.54, 1.807) is 26.0 Å². The minimum Gasteiger partial charge on any atom is -0.386 e. The summed E-state index contributed by atoms with van der Waals surface area (Å²) in [6.07, 6.45) is 4.00. The molecule has 0 radical (unpaired) electrons. The molecule has 8 heteroatoms. The largest absolute Gasteiger partial charge is 0.416 e. The van der Waals surface area contributed by atoms with Gasteiger partial charge in [0.25, 0.3) is 0 Å². The molecule has 214 valence electrons. The second-order valence-corrected chi connectivity index (χ2v) is 11.7. The number of piperidine rings is 1. The molecule has 0 bridgehead atoms. The van der Waals surface area contributed by atoms with Crippen molar-refractivity contribution in [1.29, 1.82) is 0 Å². The smallest absolute Gasteiger partial charge is 0.386 e. The lowest BCUT2D eigenvalue weighted by molar-refractivity contribution is -0.137. The topological polar surface area (TPSA) is 60.4 Å². The van der Waals surface area contributed by atoms with Gasteiger partial charge in [0.15, 0.2) is 0 Å². The number of nitrogens with one attached hydrogen (secondary N) is 2. The van der Waals surface area contributed by atoms with Crippen LogP contribution in [0.4, 0.5) is 24.7 Å². The van der Waals surface area contributed by atoms with E-state index in [2.05, 4.69) is 26.6 Å². The Morgan fingerprint density at radius 1 is 0.850 bits per heavy atom. The van der Waals surface area contributed by atoms with E-state index in [1.807, 2.05) is 36.5 Å². The second-order valence-electron chi connectivity index (χ2n) is 11.7. The Hall–Kier alpha value is -3.10. The van der Waals surface area contributed by atoms with Gasteiger partial charge in [-0.05, 0) is 98.7 Å². The van der Waals surface area contributed by atoms with Crippen LogP contribution >= 0.6 is 0 Å². The van der Waals surface area contributed by atoms with Crippen LogP contribution in [0.1, 0.15) is 63.5 Å². The van der Waals surface area contributed by atoms with Crippen molar-refractivity contribution in [3.05, 3.63) is 78.0 Å². The lowest BCUT2D eigenvalue weighted by atomic mass is 9.89. The quantitative estimate of drug-likeness (QED) is 0.295. The van der Waals surface area contributed by atoms with Crippen LogP contribution in [0, 0.1) is 0 Å². The third kappa shape index (κ3) is 6.96. The number of nitrogens with zero attached hydrogens (tertiary/aromatic N) is 2. The average Bonchev–Trinajstić information content (AvgIpc) is 2.94. The van der Waals surface area contributed by atoms with Gasteiger partial charge in [-0.15, -0.1) is 0 Å². The van der Waals surface area contributed by atoms with E-state index in [9.17, 15) is 18.3 Å². The zero-order valence-electron chi connectivity index (χ0n) is 23.2. The molecule has 1 saturated carbocycles. The summed E-state index contributed by atoms with van der Waals surface area (Å²) < 4.78 is 39.0. The van der Waals surface area contributed by atoms with Crippen LogP contribution in [0.5, 0.6) is 0 Å². The highest BCUT2D eigenvalue weighted by molar-refractivity contribution is 5.67. The molecule has 0 unspecified atom stereocenters. The first-order chi connectivity index (χ1) is 19.1. The van der Waals surface area contributed by atoms with Crippen molar-refractivity contribution >= 4 is 11.5 Å². The van der Waals surface area contributed by atoms with Gasteiger partial charge in [-0.2, -0.15) is 13.2 Å². The van der Waals surface area contributed by atoms with Gasteiger partial charge in [-0.3, -0.25) is 0 Å². The molecule has 5 rings (SSSR count). The van der Waals surface area contributed by atoms with Gasteiger partial charge in [0.1, 0.15) is 5.82 Å². The average molecular weight is 553 g/mol. The highest BCUT2D eigenvalue weighted by Gasteiger charge is 2.32. The number of alkyl halides is 3. The Morgan fingerprint density at radius 3 is 2.30 bits per heavy atom. The molecule has 40 heavy (non-hydrogen) atoms. The van der Waals surface area contributed by atoms with Gasteiger partial charge in [-0.1, -0.05) is 31.0 Å². The zero-order chi connectivity index (χ0) is 28.3. The Bertz CT molecular complexity index is 1270. The highest BCUT2D eigenvalue weighted by Crippen LogP contribution is 2.32. The number of hydrogen-bond donors (Lipinski definition) is 3. The van der Waals surface area contributed by atoms with E-state index in [4.69, 9.17) is 0 Å². The number of halogens is 3. The maximum atomic E-state index is 13.0. The van der Waals surface area contributed by atoms with Crippen molar-refractivity contribution < 1.29 is 18.3 Å². The monoisotopic (exact) mass is 552 g/mol. The molecule has 2 aliphatic rings. The molecular formula is C32H39F3N4O. The van der Waals surface area contributed by atoms with Gasteiger partial charge in [0.2, 0.25) is 0 Å². The van der Waals surface area contributed by atoms with E-state index >= 15 is 0 Å². The normalized spacial score (nSPS) is 22.2. The molecule has 3 aromatic rings. The number of hydrogen-bond acceptors (Lipinski definition) is 5. The lowest BCUT2D eigenvalue weighted by Crippen LogP contribution is -2.55. The molecule has 2 aromatic carbocycles. The molecule has 1 aliphatic heterocycles. The summed E-state index contributed by atoms with van der Waals surface area (Å²) in [6, 6.07) is 18.4. The van der Waals surface area contributed by atoms with Gasteiger partial charge in [0, 0.05) is 43.1 Å². The van der Waals surface area contributed by atoms with E-state index in [0.717, 1.165) is 73.4 Å². The highest BCUT2D eigenvalue weighted by atomic mass is 19.4. The fourth-order valence-corrected chi connectivity index (χ4v) is 5.97. The summed E-state index contributed by atoms with van der Waals surface area (Å²) >= 11 is 0. The summed E-state index contributed by atoms with van der Waals surface area (Å²) in [5.41, 5.74) is 2.27. The summed E-state index contributed by atoms with van der Waals surface area (Å²) in [6.45, 7) is 5.20. The summed E-state index contributed by atoms with van der Waals surface area (Å²) in [5, 5.41) is 18.0. The minimum absolute atomic E-state index is 0.237. The molecule has 0 amide bonds. The number of rotatable bonds is 7. The third-order valence-electron chi connectivity index (χ3n) is 8.19. The van der Waals surface area contributed by atoms with Crippen molar-refractivity contribution in [3.63, 3.8) is 0 Å². The SMILES string of the molecule is CC(C)(O)c1cccc(-c2ccnc(N[C@@H]3CCCC[C@H]3N[C@H]3CCCN(c4ccc(C(F)(F)F)cc4)C3)c2)c1. The zero-order valence-corrected chi connectivity index (χ0v) is 23.2. The van der Waals surface area contributed by atoms with Crippen LogP contribution < -0.4 is 15.5 Å². The van der Waals surface area contributed by atoms with Crippen LogP contribution in [0.15, 0.2) is 66.9 Å². The summed E-state index contributed by atoms with van der Waals surface area (Å²) in [5.74, 6) is 0.833. The summed E-state index contributed by atoms with van der Waals surface area (Å²) in [4.78, 5) is 6.80. The third-order valence-corrected chi connectivity index (χ3v) is 8.19. The molecule has 3 atom stereocenters. The van der Waals surface area contributed by atoms with Crippen LogP contribution in [0.2, 0.25) is 0 Å². The maximum absolute atomic E-state index is 13.0. The molecular weight excluding hydrogens is 513 g/mol. The Kier molecular flexibility index (Phi) is 8.38. The lowest BCUT2D eigenvalue weighted by Gasteiger charge is -2.40. The molecule has 3 N–H and O–H groups in total. The van der Waals surface area contributed by atoms with Crippen LogP contribution in [0.3, 0.4) is 0 Å². The molecule has 5 nitrogen and oxygen atoms in total. The van der Waals surface area contributed by atoms with Gasteiger partial charge >= 0.3 is 6.18 Å². The number of aliphatic hydroxyl groups is 1. The Morgan fingerprint density at radius 2 is 1.57 bits per heavy atom. The Labute approximate surface area is 234 Å². The Balaban J connectivity index is 1.24. The van der Waals surface area contributed by atoms with E-state index in [-0.39, 0.29) is 18.1 Å². The van der Waals surface area contributed by atoms with Crippen molar-refractivity contribution in [3.8, 4) is 11.1 Å². The fraction of sp³-hybridized carbons (Fsp3) is 0.469. The number of pyridine rings is 1. The summed E-state index contributed by atoms with van der Waals surface area (Å²) in [7, 11) is 0. The van der Waals surface area contributed by atoms with Crippen LogP contribution in [-0.4, -0.2) is 41.3 Å². The van der Waals surface area contributed by atoms with Gasteiger partial charge in [0.05, 0.1) is 11.2 Å². The molecule has 0 spiro atoms. The molecule has 2 heterocycles. The fourth-order valence-electron chi connectivity index (χ4n) is 5.97. The predicted octanol–water partition coefficient (Wildman–Crippen LogP) is 6.98. The van der Waals surface area contributed by atoms with Gasteiger partial charge in [-0.25, -0.2) is 4.98 Å². The number of benzene rings is 2. The maximum Gasteiger partial charge on any atom is 0.416 e. The van der Waals surface area contributed by atoms with Crippen LogP contribution in [0.25, 0.3) is 11.1 Å². The molecule has 1 aliphatic carbocycles. The number of anilines is 2. The minimum atomic E-state index is -4.32. The first-order valence-corrected chi connectivity index (χ1v) is 14.3. The molecule has 1 aromatic heterocycles. The van der Waals surface area contributed by atoms with Crippen molar-refractivity contribution in [2.75, 3.05) is 23.3 Å². The van der Waals surface area contributed by atoms with Crippen LogP contribution in [-0.2, 0) is 11.8 Å². The van der Waals surface area contributed by atoms with E-state index in [1.165, 1.54) is 18.6 Å². The first kappa shape index (κ1) is 28.4. The molecule has 2 fully saturated rings. The molecule has 1 saturated heterocycles. The standard InChI is InChI=1S/C32H39F3N4O/c1-31(2,40)25-8-5-7-22(19-25)23-16-17-36-30(20-23)38-29-11-4-3-10-28(29)37-26-9-6-18-39(21-26)27-14-12-24(13-15-27)32(33,34)35/h5,7-8,12-17,19-20,26,28-29,37,40H,3-4,6,9-11,18,21H2,1-2H3,(H,36,38)/t26-,28+,29+/m0/s1. The van der Waals surface area contributed by atoms with E-state index < -0.39 is 17.3 Å². The van der Waals surface area contributed by atoms with Crippen molar-refractivity contribution in [1.82, 2.24) is 10.3 Å². The van der Waals surface area contributed by atoms with Crippen molar-refractivity contribution in [2.45, 2.75) is 82.3 Å². The predicted molar refractivity (Wildman–Crippen MR) is 154 cm³/mol.